The maximum Gasteiger partial charge on any atom is 0.231 e. The lowest BCUT2D eigenvalue weighted by Crippen LogP contribution is -1.96. The Balaban J connectivity index is 0.929. The molecular weight excluding hydrogens is 745 g/mol. The van der Waals surface area contributed by atoms with Crippen molar-refractivity contribution in [3.05, 3.63) is 218 Å². The van der Waals surface area contributed by atoms with Crippen LogP contribution in [0.5, 0.6) is 0 Å². The zero-order valence-electron chi connectivity index (χ0n) is 33.0. The smallest absolute Gasteiger partial charge is 0.231 e. The number of benzene rings is 8. The van der Waals surface area contributed by atoms with Gasteiger partial charge in [0.15, 0.2) is 11.6 Å². The van der Waals surface area contributed by atoms with Crippen molar-refractivity contribution in [2.75, 3.05) is 0 Å². The number of furan rings is 1. The van der Waals surface area contributed by atoms with E-state index in [1.807, 2.05) is 72.8 Å². The summed E-state index contributed by atoms with van der Waals surface area (Å²) in [6.07, 6.45) is 0. The van der Waals surface area contributed by atoms with E-state index in [9.17, 15) is 0 Å². The Hall–Kier alpha value is -8.28. The van der Waals surface area contributed by atoms with E-state index in [0.717, 1.165) is 94.6 Å². The maximum absolute atomic E-state index is 6.31. The molecular formula is C56H36N4O. The molecule has 0 fully saturated rings. The second-order valence-corrected chi connectivity index (χ2v) is 15.1. The predicted molar refractivity (Wildman–Crippen MR) is 248 cm³/mol. The van der Waals surface area contributed by atoms with E-state index < -0.39 is 0 Å². The van der Waals surface area contributed by atoms with Gasteiger partial charge in [0.05, 0.1) is 22.5 Å². The minimum Gasteiger partial charge on any atom is -0.438 e. The van der Waals surface area contributed by atoms with Gasteiger partial charge in [-0.25, -0.2) is 15.0 Å². The van der Waals surface area contributed by atoms with Gasteiger partial charge in [-0.15, -0.1) is 0 Å². The maximum atomic E-state index is 6.31. The van der Waals surface area contributed by atoms with Gasteiger partial charge in [-0.2, -0.15) is 4.98 Å². The fourth-order valence-electron chi connectivity index (χ4n) is 8.08. The van der Waals surface area contributed by atoms with E-state index >= 15 is 0 Å². The summed E-state index contributed by atoms with van der Waals surface area (Å²) in [5, 5.41) is 1.93. The molecule has 3 heterocycles. The summed E-state index contributed by atoms with van der Waals surface area (Å²) in [7, 11) is 0. The van der Waals surface area contributed by atoms with Crippen molar-refractivity contribution in [2.24, 2.45) is 0 Å². The van der Waals surface area contributed by atoms with Crippen molar-refractivity contribution in [1.29, 1.82) is 0 Å². The third kappa shape index (κ3) is 7.04. The lowest BCUT2D eigenvalue weighted by molar-refractivity contribution is 0.653. The summed E-state index contributed by atoms with van der Waals surface area (Å²) < 4.78 is 6.31. The summed E-state index contributed by atoms with van der Waals surface area (Å²) in [6.45, 7) is 0. The van der Waals surface area contributed by atoms with Crippen molar-refractivity contribution >= 4 is 22.1 Å². The van der Waals surface area contributed by atoms with Crippen molar-refractivity contribution in [1.82, 2.24) is 19.9 Å². The molecule has 11 rings (SSSR count). The average Bonchev–Trinajstić information content (AvgIpc) is 3.73. The number of para-hydroxylation sites is 1. The van der Waals surface area contributed by atoms with Crippen LogP contribution < -0.4 is 0 Å². The first kappa shape index (κ1) is 35.8. The summed E-state index contributed by atoms with van der Waals surface area (Å²) in [6, 6.07) is 75.4. The van der Waals surface area contributed by atoms with Gasteiger partial charge >= 0.3 is 0 Å². The molecule has 0 saturated carbocycles. The van der Waals surface area contributed by atoms with Crippen molar-refractivity contribution < 1.29 is 4.42 Å². The molecule has 0 unspecified atom stereocenters. The number of fused-ring (bicyclic) bond motifs is 3. The summed E-state index contributed by atoms with van der Waals surface area (Å²) in [5.74, 6) is 1.32. The Morgan fingerprint density at radius 1 is 0.279 bits per heavy atom. The third-order valence-electron chi connectivity index (χ3n) is 11.1. The Kier molecular flexibility index (Phi) is 9.10. The van der Waals surface area contributed by atoms with E-state index in [-0.39, 0.29) is 0 Å². The van der Waals surface area contributed by atoms with Gasteiger partial charge in [0.1, 0.15) is 5.58 Å². The van der Waals surface area contributed by atoms with Crippen LogP contribution in [0.4, 0.5) is 0 Å². The molecule has 0 spiro atoms. The number of hydrogen-bond acceptors (Lipinski definition) is 5. The highest BCUT2D eigenvalue weighted by Crippen LogP contribution is 2.38. The first-order valence-electron chi connectivity index (χ1n) is 20.4. The normalized spacial score (nSPS) is 11.3. The van der Waals surface area contributed by atoms with E-state index in [1.54, 1.807) is 0 Å². The van der Waals surface area contributed by atoms with E-state index in [0.29, 0.717) is 17.4 Å². The summed E-state index contributed by atoms with van der Waals surface area (Å²) in [4.78, 5) is 20.2. The van der Waals surface area contributed by atoms with Crippen LogP contribution in [0.2, 0.25) is 0 Å². The molecule has 3 aromatic heterocycles. The van der Waals surface area contributed by atoms with Crippen LogP contribution >= 0.6 is 0 Å². The standard InChI is InChI=1S/C56H36N4O/c1-4-16-37(17-5-1)49-36-50(58-54(57-49)39-20-8-3-9-21-39)46-28-14-26-44(34-46)42-24-12-22-40(32-42)41-23-13-25-43(33-41)45-27-15-29-47(35-45)55-59-53(38-18-6-2-7-19-38)52-48-30-10-11-31-51(48)61-56(52)60-55/h1-36H. The molecule has 5 nitrogen and oxygen atoms in total. The van der Waals surface area contributed by atoms with Gasteiger partial charge in [-0.3, -0.25) is 0 Å². The highest BCUT2D eigenvalue weighted by atomic mass is 16.3. The number of nitrogens with zero attached hydrogens (tertiary/aromatic N) is 4. The van der Waals surface area contributed by atoms with Gasteiger partial charge in [0.2, 0.25) is 5.71 Å². The first-order valence-corrected chi connectivity index (χ1v) is 20.4. The van der Waals surface area contributed by atoms with Gasteiger partial charge < -0.3 is 4.42 Å². The van der Waals surface area contributed by atoms with Crippen molar-refractivity contribution in [2.45, 2.75) is 0 Å². The molecule has 0 aliphatic rings. The fraction of sp³-hybridized carbons (Fsp3) is 0. The Bertz CT molecular complexity index is 3300. The monoisotopic (exact) mass is 780 g/mol. The molecule has 0 radical (unpaired) electrons. The largest absolute Gasteiger partial charge is 0.438 e. The molecule has 0 amide bonds. The molecule has 0 N–H and O–H groups in total. The number of aromatic nitrogens is 4. The lowest BCUT2D eigenvalue weighted by atomic mass is 9.95. The van der Waals surface area contributed by atoms with Gasteiger partial charge in [0.25, 0.3) is 0 Å². The molecule has 61 heavy (non-hydrogen) atoms. The van der Waals surface area contributed by atoms with Crippen molar-refractivity contribution in [3.63, 3.8) is 0 Å². The molecule has 0 bridgehead atoms. The number of hydrogen-bond donors (Lipinski definition) is 0. The number of rotatable bonds is 8. The third-order valence-corrected chi connectivity index (χ3v) is 11.1. The van der Waals surface area contributed by atoms with E-state index in [2.05, 4.69) is 146 Å². The van der Waals surface area contributed by atoms with Gasteiger partial charge in [0, 0.05) is 33.2 Å². The van der Waals surface area contributed by atoms with Gasteiger partial charge in [-0.1, -0.05) is 182 Å². The lowest BCUT2D eigenvalue weighted by Gasteiger charge is -2.12. The van der Waals surface area contributed by atoms with Crippen LogP contribution in [0, 0.1) is 0 Å². The molecule has 0 atom stereocenters. The highest BCUT2D eigenvalue weighted by Gasteiger charge is 2.18. The highest BCUT2D eigenvalue weighted by molar-refractivity contribution is 6.10. The molecule has 11 aromatic rings. The molecule has 8 aromatic carbocycles. The average molecular weight is 781 g/mol. The van der Waals surface area contributed by atoms with Crippen LogP contribution in [0.1, 0.15) is 0 Å². The topological polar surface area (TPSA) is 64.7 Å². The van der Waals surface area contributed by atoms with Crippen LogP contribution in [-0.4, -0.2) is 19.9 Å². The minimum absolute atomic E-state index is 0.578. The van der Waals surface area contributed by atoms with Crippen LogP contribution in [-0.2, 0) is 0 Å². The predicted octanol–water partition coefficient (Wildman–Crippen LogP) is 14.5. The second-order valence-electron chi connectivity index (χ2n) is 15.1. The summed E-state index contributed by atoms with van der Waals surface area (Å²) in [5.41, 5.74) is 15.7. The SMILES string of the molecule is c1ccc(-c2cc(-c3cccc(-c4cccc(-c5cccc(-c6cccc(-c7nc(-c8ccccc8)c8c(n7)oc7ccccc78)c6)c5)c4)c3)nc(-c3ccccc3)n2)cc1. The van der Waals surface area contributed by atoms with Crippen LogP contribution in [0.15, 0.2) is 223 Å². The molecule has 286 valence electrons. The van der Waals surface area contributed by atoms with Gasteiger partial charge in [-0.05, 0) is 69.8 Å². The van der Waals surface area contributed by atoms with Crippen molar-refractivity contribution in [3.8, 4) is 89.9 Å². The zero-order chi connectivity index (χ0) is 40.5. The fourth-order valence-corrected chi connectivity index (χ4v) is 8.08. The molecule has 5 heteroatoms. The molecule has 0 aliphatic carbocycles. The molecule has 0 aliphatic heterocycles. The van der Waals surface area contributed by atoms with Crippen LogP contribution in [0.25, 0.3) is 112 Å². The second kappa shape index (κ2) is 15.5. The van der Waals surface area contributed by atoms with E-state index in [1.165, 1.54) is 0 Å². The Morgan fingerprint density at radius 3 is 1.28 bits per heavy atom. The zero-order valence-corrected chi connectivity index (χ0v) is 33.0. The Labute approximate surface area is 353 Å². The summed E-state index contributed by atoms with van der Waals surface area (Å²) >= 11 is 0. The quantitative estimate of drug-likeness (QED) is 0.154. The molecule has 0 saturated heterocycles. The van der Waals surface area contributed by atoms with Crippen LogP contribution in [0.3, 0.4) is 0 Å². The first-order chi connectivity index (χ1) is 30.2. The Morgan fingerprint density at radius 2 is 0.689 bits per heavy atom. The minimum atomic E-state index is 0.578. The van der Waals surface area contributed by atoms with E-state index in [4.69, 9.17) is 24.4 Å².